The van der Waals surface area contributed by atoms with E-state index in [2.05, 4.69) is 33.2 Å². The Kier molecular flexibility index (Phi) is 7.15. The summed E-state index contributed by atoms with van der Waals surface area (Å²) in [5.74, 6) is 1.03. The normalized spacial score (nSPS) is 22.5. The lowest BCUT2D eigenvalue weighted by atomic mass is 9.90. The highest BCUT2D eigenvalue weighted by Crippen LogP contribution is 2.36. The van der Waals surface area contributed by atoms with Crippen LogP contribution in [-0.2, 0) is 14.3 Å². The maximum Gasteiger partial charge on any atom is 0.407 e. The van der Waals surface area contributed by atoms with Crippen LogP contribution in [0.3, 0.4) is 0 Å². The second-order valence-corrected chi connectivity index (χ2v) is 9.50. The molecule has 2 N–H and O–H groups in total. The fourth-order valence-corrected chi connectivity index (χ4v) is 4.88. The molecule has 0 saturated carbocycles. The van der Waals surface area contributed by atoms with Gasteiger partial charge < -0.3 is 24.7 Å². The number of hydrogen-bond donors (Lipinski definition) is 2. The van der Waals surface area contributed by atoms with Crippen molar-refractivity contribution in [3.05, 3.63) is 40.8 Å². The minimum atomic E-state index is -0.639. The number of imidazole rings is 1. The Morgan fingerprint density at radius 1 is 1.28 bits per heavy atom. The fourth-order valence-electron chi connectivity index (χ4n) is 4.62. The summed E-state index contributed by atoms with van der Waals surface area (Å²) >= 11 is 3.46. The number of H-pyrrole nitrogens is 1. The number of nitrogens with zero attached hydrogens (tertiary/aromatic N) is 2. The molecule has 2 saturated heterocycles. The van der Waals surface area contributed by atoms with Gasteiger partial charge in [0.15, 0.2) is 0 Å². The molecular formula is C23H29BrN4O4. The summed E-state index contributed by atoms with van der Waals surface area (Å²) in [6.07, 6.45) is 3.56. The van der Waals surface area contributed by atoms with Crippen molar-refractivity contribution >= 4 is 27.9 Å². The summed E-state index contributed by atoms with van der Waals surface area (Å²) < 4.78 is 11.3. The molecule has 1 aromatic carbocycles. The van der Waals surface area contributed by atoms with Gasteiger partial charge in [-0.15, -0.1) is 0 Å². The number of methoxy groups -OCH3 is 1. The van der Waals surface area contributed by atoms with Crippen molar-refractivity contribution in [2.45, 2.75) is 38.3 Å². The molecule has 2 amide bonds. The number of carbonyl (C=O) groups excluding carboxylic acids is 2. The average molecular weight is 505 g/mol. The summed E-state index contributed by atoms with van der Waals surface area (Å²) in [5, 5.41) is 2.79. The van der Waals surface area contributed by atoms with Crippen LogP contribution in [0.2, 0.25) is 0 Å². The van der Waals surface area contributed by atoms with Crippen LogP contribution in [-0.4, -0.2) is 59.8 Å². The van der Waals surface area contributed by atoms with Crippen molar-refractivity contribution < 1.29 is 19.1 Å². The number of aromatic amines is 1. The van der Waals surface area contributed by atoms with Gasteiger partial charge in [0.2, 0.25) is 5.91 Å². The van der Waals surface area contributed by atoms with Gasteiger partial charge in [0.05, 0.1) is 18.8 Å². The standard InChI is InChI=1S/C23H29BrN4O4/c1-14-11-19(21-25-12-18(26-21)15-3-5-17(24)6-4-15)28(13-14)22(29)20(27-23(30)31-2)16-7-9-32-10-8-16/h3-6,12,14,16,19-20H,7-11,13H2,1-2H3,(H,25,26)(H,27,30). The van der Waals surface area contributed by atoms with Crippen molar-refractivity contribution in [1.82, 2.24) is 20.2 Å². The Morgan fingerprint density at radius 3 is 2.69 bits per heavy atom. The number of hydrogen-bond acceptors (Lipinski definition) is 5. The third-order valence-electron chi connectivity index (χ3n) is 6.31. The highest BCUT2D eigenvalue weighted by atomic mass is 79.9. The van der Waals surface area contributed by atoms with Crippen LogP contribution in [0.5, 0.6) is 0 Å². The first-order valence-corrected chi connectivity index (χ1v) is 11.8. The number of rotatable bonds is 5. The Hall–Kier alpha value is -2.39. The van der Waals surface area contributed by atoms with E-state index in [4.69, 9.17) is 14.5 Å². The van der Waals surface area contributed by atoms with Gasteiger partial charge in [0.25, 0.3) is 0 Å². The number of benzene rings is 1. The van der Waals surface area contributed by atoms with E-state index < -0.39 is 12.1 Å². The zero-order chi connectivity index (χ0) is 22.7. The molecule has 2 aliphatic rings. The summed E-state index contributed by atoms with van der Waals surface area (Å²) in [7, 11) is 1.31. The highest BCUT2D eigenvalue weighted by molar-refractivity contribution is 9.10. The van der Waals surface area contributed by atoms with E-state index in [1.807, 2.05) is 35.4 Å². The van der Waals surface area contributed by atoms with E-state index in [-0.39, 0.29) is 17.9 Å². The molecule has 0 aliphatic carbocycles. The van der Waals surface area contributed by atoms with Gasteiger partial charge in [0.1, 0.15) is 11.9 Å². The predicted molar refractivity (Wildman–Crippen MR) is 123 cm³/mol. The lowest BCUT2D eigenvalue weighted by Gasteiger charge is -2.34. The van der Waals surface area contributed by atoms with Gasteiger partial charge in [-0.05, 0) is 43.2 Å². The minimum absolute atomic E-state index is 0.0156. The molecule has 2 fully saturated rings. The van der Waals surface area contributed by atoms with Crippen molar-refractivity contribution in [2.24, 2.45) is 11.8 Å². The van der Waals surface area contributed by atoms with Gasteiger partial charge in [-0.25, -0.2) is 9.78 Å². The SMILES string of the molecule is COC(=O)NC(C(=O)N1CC(C)CC1c1nc(-c2ccc(Br)cc2)c[nH]1)C1CCOCC1. The van der Waals surface area contributed by atoms with Crippen molar-refractivity contribution in [2.75, 3.05) is 26.9 Å². The van der Waals surface area contributed by atoms with Gasteiger partial charge in [-0.3, -0.25) is 4.79 Å². The third kappa shape index (κ3) is 4.99. The quantitative estimate of drug-likeness (QED) is 0.643. The van der Waals surface area contributed by atoms with Crippen LogP contribution < -0.4 is 5.32 Å². The summed E-state index contributed by atoms with van der Waals surface area (Å²) in [6, 6.07) is 7.17. The molecule has 3 heterocycles. The van der Waals surface area contributed by atoms with Crippen LogP contribution in [0.25, 0.3) is 11.3 Å². The minimum Gasteiger partial charge on any atom is -0.453 e. The summed E-state index contributed by atoms with van der Waals surface area (Å²) in [4.78, 5) is 35.7. The van der Waals surface area contributed by atoms with Crippen molar-refractivity contribution in [3.63, 3.8) is 0 Å². The Labute approximate surface area is 196 Å². The van der Waals surface area contributed by atoms with Crippen molar-refractivity contribution in [3.8, 4) is 11.3 Å². The molecule has 4 rings (SSSR count). The first-order valence-electron chi connectivity index (χ1n) is 11.0. The van der Waals surface area contributed by atoms with E-state index in [1.54, 1.807) is 0 Å². The Balaban J connectivity index is 1.57. The van der Waals surface area contributed by atoms with Crippen molar-refractivity contribution in [1.29, 1.82) is 0 Å². The first-order chi connectivity index (χ1) is 15.5. The molecule has 32 heavy (non-hydrogen) atoms. The number of amides is 2. The number of likely N-dealkylation sites (tertiary alicyclic amines) is 1. The van der Waals surface area contributed by atoms with Crippen LogP contribution >= 0.6 is 15.9 Å². The predicted octanol–water partition coefficient (Wildman–Crippen LogP) is 3.90. The van der Waals surface area contributed by atoms with E-state index in [0.717, 1.165) is 40.8 Å². The zero-order valence-corrected chi connectivity index (χ0v) is 19.9. The molecule has 8 nitrogen and oxygen atoms in total. The van der Waals surface area contributed by atoms with E-state index >= 15 is 0 Å². The van der Waals surface area contributed by atoms with Crippen LogP contribution in [0.1, 0.15) is 38.1 Å². The largest absolute Gasteiger partial charge is 0.453 e. The smallest absolute Gasteiger partial charge is 0.407 e. The second kappa shape index (κ2) is 10.0. The third-order valence-corrected chi connectivity index (χ3v) is 6.84. The molecule has 0 radical (unpaired) electrons. The van der Waals surface area contributed by atoms with Crippen LogP contribution in [0, 0.1) is 11.8 Å². The number of ether oxygens (including phenoxy) is 2. The Morgan fingerprint density at radius 2 is 2.00 bits per heavy atom. The van der Waals surface area contributed by atoms with Gasteiger partial charge in [-0.1, -0.05) is 35.0 Å². The molecule has 2 aromatic rings. The van der Waals surface area contributed by atoms with E-state index in [1.165, 1.54) is 7.11 Å². The maximum absolute atomic E-state index is 13.7. The maximum atomic E-state index is 13.7. The van der Waals surface area contributed by atoms with Crippen LogP contribution in [0.4, 0.5) is 4.79 Å². The second-order valence-electron chi connectivity index (χ2n) is 8.59. The molecule has 0 bridgehead atoms. The average Bonchev–Trinajstić information content (AvgIpc) is 3.45. The summed E-state index contributed by atoms with van der Waals surface area (Å²) in [6.45, 7) is 3.94. The number of nitrogens with one attached hydrogen (secondary N) is 2. The number of halogens is 1. The molecule has 172 valence electrons. The number of carbonyl (C=O) groups is 2. The Bertz CT molecular complexity index is 942. The topological polar surface area (TPSA) is 96.5 Å². The lowest BCUT2D eigenvalue weighted by Crippen LogP contribution is -2.53. The van der Waals surface area contributed by atoms with E-state index in [9.17, 15) is 9.59 Å². The molecular weight excluding hydrogens is 476 g/mol. The van der Waals surface area contributed by atoms with Crippen LogP contribution in [0.15, 0.2) is 34.9 Å². The molecule has 0 spiro atoms. The molecule has 9 heteroatoms. The van der Waals surface area contributed by atoms with Gasteiger partial charge in [0, 0.05) is 36.0 Å². The molecule has 1 aromatic heterocycles. The molecule has 3 unspecified atom stereocenters. The zero-order valence-electron chi connectivity index (χ0n) is 18.3. The summed E-state index contributed by atoms with van der Waals surface area (Å²) in [5.41, 5.74) is 1.85. The highest BCUT2D eigenvalue weighted by Gasteiger charge is 2.42. The number of aromatic nitrogens is 2. The van der Waals surface area contributed by atoms with Gasteiger partial charge >= 0.3 is 6.09 Å². The first kappa shape index (κ1) is 22.8. The molecule has 2 aliphatic heterocycles. The van der Waals surface area contributed by atoms with Gasteiger partial charge in [-0.2, -0.15) is 0 Å². The van der Waals surface area contributed by atoms with E-state index in [0.29, 0.717) is 25.7 Å². The lowest BCUT2D eigenvalue weighted by molar-refractivity contribution is -0.137. The molecule has 3 atom stereocenters. The monoisotopic (exact) mass is 504 g/mol. The fraction of sp³-hybridized carbons (Fsp3) is 0.522. The number of alkyl carbamates (subject to hydrolysis) is 1.